The molecule has 116 valence electrons. The number of allylic oxidation sites excluding steroid dienone is 1. The van der Waals surface area contributed by atoms with Crippen molar-refractivity contribution in [2.45, 2.75) is 37.8 Å². The number of piperidine rings is 1. The molecule has 21 heavy (non-hydrogen) atoms. The third kappa shape index (κ3) is 4.20. The summed E-state index contributed by atoms with van der Waals surface area (Å²) in [5.41, 5.74) is 1.44. The van der Waals surface area contributed by atoms with Crippen molar-refractivity contribution in [1.82, 2.24) is 19.7 Å². The van der Waals surface area contributed by atoms with E-state index in [1.165, 1.54) is 25.0 Å². The molecule has 1 aliphatic heterocycles. The van der Waals surface area contributed by atoms with Crippen LogP contribution in [0.1, 0.15) is 38.4 Å². The average Bonchev–Trinajstić information content (AvgIpc) is 2.86. The van der Waals surface area contributed by atoms with Crippen LogP contribution in [0, 0.1) is 0 Å². The highest BCUT2D eigenvalue weighted by atomic mass is 32.2. The molecule has 5 heteroatoms. The van der Waals surface area contributed by atoms with Crippen LogP contribution in [0.3, 0.4) is 0 Å². The first-order valence-corrected chi connectivity index (χ1v) is 8.61. The van der Waals surface area contributed by atoms with E-state index in [1.54, 1.807) is 11.8 Å². The largest absolute Gasteiger partial charge is 0.309 e. The number of nitrogens with zero attached hydrogens (tertiary/aromatic N) is 4. The first-order chi connectivity index (χ1) is 10.2. The van der Waals surface area contributed by atoms with Gasteiger partial charge in [0.1, 0.15) is 5.82 Å². The Morgan fingerprint density at radius 3 is 3.00 bits per heavy atom. The SMILES string of the molecule is C=CCSc1nnc([C@@H]2CCCN(C/C(C)=C/C)C2)n1C. The molecular weight excluding hydrogens is 280 g/mol. The van der Waals surface area contributed by atoms with Gasteiger partial charge in [-0.2, -0.15) is 0 Å². The van der Waals surface area contributed by atoms with Crippen molar-refractivity contribution >= 4 is 11.8 Å². The van der Waals surface area contributed by atoms with Gasteiger partial charge in [0.15, 0.2) is 5.16 Å². The summed E-state index contributed by atoms with van der Waals surface area (Å²) >= 11 is 1.70. The van der Waals surface area contributed by atoms with Gasteiger partial charge < -0.3 is 4.57 Å². The predicted octanol–water partition coefficient (Wildman–Crippen LogP) is 3.24. The van der Waals surface area contributed by atoms with Crippen molar-refractivity contribution in [2.24, 2.45) is 7.05 Å². The van der Waals surface area contributed by atoms with E-state index in [9.17, 15) is 0 Å². The molecule has 0 bridgehead atoms. The molecule has 0 aromatic carbocycles. The minimum atomic E-state index is 0.499. The topological polar surface area (TPSA) is 34.0 Å². The van der Waals surface area contributed by atoms with Crippen molar-refractivity contribution < 1.29 is 0 Å². The summed E-state index contributed by atoms with van der Waals surface area (Å²) in [4.78, 5) is 2.54. The third-order valence-corrected chi connectivity index (χ3v) is 5.05. The van der Waals surface area contributed by atoms with E-state index in [1.807, 2.05) is 6.08 Å². The molecule has 1 aliphatic rings. The quantitative estimate of drug-likeness (QED) is 0.597. The maximum atomic E-state index is 4.44. The predicted molar refractivity (Wildman–Crippen MR) is 89.8 cm³/mol. The Morgan fingerprint density at radius 2 is 2.29 bits per heavy atom. The van der Waals surface area contributed by atoms with Crippen molar-refractivity contribution in [3.8, 4) is 0 Å². The van der Waals surface area contributed by atoms with Gasteiger partial charge in [0.2, 0.25) is 0 Å². The van der Waals surface area contributed by atoms with Crippen LogP contribution in [0.25, 0.3) is 0 Å². The Bertz CT molecular complexity index is 506. The Labute approximate surface area is 132 Å². The molecule has 0 radical (unpaired) electrons. The van der Waals surface area contributed by atoms with Crippen LogP contribution in [0.4, 0.5) is 0 Å². The fourth-order valence-corrected chi connectivity index (χ4v) is 3.45. The number of thioether (sulfide) groups is 1. The minimum absolute atomic E-state index is 0.499. The van der Waals surface area contributed by atoms with Crippen LogP contribution in [0.2, 0.25) is 0 Å². The molecule has 4 nitrogen and oxygen atoms in total. The summed E-state index contributed by atoms with van der Waals surface area (Å²) in [6.45, 7) is 11.4. The lowest BCUT2D eigenvalue weighted by atomic mass is 9.97. The van der Waals surface area contributed by atoms with Crippen LogP contribution >= 0.6 is 11.8 Å². The second kappa shape index (κ2) is 7.80. The van der Waals surface area contributed by atoms with Crippen molar-refractivity contribution in [1.29, 1.82) is 0 Å². The lowest BCUT2D eigenvalue weighted by Gasteiger charge is -2.32. The Hall–Kier alpha value is -1.07. The van der Waals surface area contributed by atoms with Crippen molar-refractivity contribution in [3.05, 3.63) is 30.1 Å². The molecule has 0 aliphatic carbocycles. The number of aromatic nitrogens is 3. The first kappa shape index (κ1) is 16.3. The summed E-state index contributed by atoms with van der Waals surface area (Å²) < 4.78 is 2.16. The van der Waals surface area contributed by atoms with Gasteiger partial charge in [0.05, 0.1) is 0 Å². The summed E-state index contributed by atoms with van der Waals surface area (Å²) in [5.74, 6) is 2.51. The van der Waals surface area contributed by atoms with E-state index in [-0.39, 0.29) is 0 Å². The number of hydrogen-bond acceptors (Lipinski definition) is 4. The maximum Gasteiger partial charge on any atom is 0.191 e. The second-order valence-corrected chi connectivity index (χ2v) is 6.70. The average molecular weight is 306 g/mol. The van der Waals surface area contributed by atoms with E-state index in [2.05, 4.69) is 53.2 Å². The van der Waals surface area contributed by atoms with Crippen molar-refractivity contribution in [2.75, 3.05) is 25.4 Å². The molecule has 1 aromatic rings. The van der Waals surface area contributed by atoms with Gasteiger partial charge in [-0.3, -0.25) is 4.90 Å². The number of hydrogen-bond donors (Lipinski definition) is 0. The smallest absolute Gasteiger partial charge is 0.191 e. The normalized spacial score (nSPS) is 20.7. The lowest BCUT2D eigenvalue weighted by molar-refractivity contribution is 0.217. The number of likely N-dealkylation sites (tertiary alicyclic amines) is 1. The second-order valence-electron chi connectivity index (χ2n) is 5.71. The Morgan fingerprint density at radius 1 is 1.48 bits per heavy atom. The van der Waals surface area contributed by atoms with E-state index in [0.29, 0.717) is 5.92 Å². The fourth-order valence-electron chi connectivity index (χ4n) is 2.79. The molecule has 2 rings (SSSR count). The summed E-state index contributed by atoms with van der Waals surface area (Å²) in [5, 5.41) is 9.76. The highest BCUT2D eigenvalue weighted by molar-refractivity contribution is 7.99. The molecular formula is C16H26N4S. The van der Waals surface area contributed by atoms with Crippen LogP contribution < -0.4 is 0 Å². The van der Waals surface area contributed by atoms with Gasteiger partial charge in [-0.1, -0.05) is 29.5 Å². The molecule has 2 heterocycles. The van der Waals surface area contributed by atoms with Crippen LogP contribution in [-0.4, -0.2) is 45.1 Å². The minimum Gasteiger partial charge on any atom is -0.309 e. The van der Waals surface area contributed by atoms with Gasteiger partial charge in [-0.25, -0.2) is 0 Å². The van der Waals surface area contributed by atoms with Crippen LogP contribution in [0.15, 0.2) is 29.5 Å². The maximum absolute atomic E-state index is 4.44. The van der Waals surface area contributed by atoms with Gasteiger partial charge in [-0.15, -0.1) is 16.8 Å². The lowest BCUT2D eigenvalue weighted by Crippen LogP contribution is -2.36. The molecule has 0 unspecified atom stereocenters. The van der Waals surface area contributed by atoms with E-state index in [4.69, 9.17) is 0 Å². The third-order valence-electron chi connectivity index (χ3n) is 4.04. The van der Waals surface area contributed by atoms with E-state index < -0.39 is 0 Å². The summed E-state index contributed by atoms with van der Waals surface area (Å²) in [7, 11) is 2.08. The molecule has 0 spiro atoms. The summed E-state index contributed by atoms with van der Waals surface area (Å²) in [6.07, 6.45) is 6.56. The van der Waals surface area contributed by atoms with E-state index in [0.717, 1.165) is 29.8 Å². The molecule has 1 saturated heterocycles. The Kier molecular flexibility index (Phi) is 6.06. The van der Waals surface area contributed by atoms with Crippen LogP contribution in [-0.2, 0) is 7.05 Å². The standard InChI is InChI=1S/C16H26N4S/c1-5-10-21-16-18-17-15(19(16)4)14-8-7-9-20(12-14)11-13(3)6-2/h5-6,14H,1,7-12H2,2-4H3/b13-6+/t14-/m1/s1. The van der Waals surface area contributed by atoms with Gasteiger partial charge in [0.25, 0.3) is 0 Å². The highest BCUT2D eigenvalue weighted by Gasteiger charge is 2.25. The molecule has 1 atom stereocenters. The highest BCUT2D eigenvalue weighted by Crippen LogP contribution is 2.28. The molecule has 1 fully saturated rings. The zero-order chi connectivity index (χ0) is 15.2. The zero-order valence-electron chi connectivity index (χ0n) is 13.4. The molecule has 0 amide bonds. The molecule has 1 aromatic heterocycles. The molecule has 0 N–H and O–H groups in total. The van der Waals surface area contributed by atoms with Gasteiger partial charge in [-0.05, 0) is 33.2 Å². The summed E-state index contributed by atoms with van der Waals surface area (Å²) in [6, 6.07) is 0. The monoisotopic (exact) mass is 306 g/mol. The first-order valence-electron chi connectivity index (χ1n) is 7.62. The number of rotatable bonds is 6. The zero-order valence-corrected chi connectivity index (χ0v) is 14.2. The Balaban J connectivity index is 2.04. The van der Waals surface area contributed by atoms with Gasteiger partial charge in [0, 0.05) is 31.8 Å². The van der Waals surface area contributed by atoms with E-state index >= 15 is 0 Å². The molecule has 0 saturated carbocycles. The van der Waals surface area contributed by atoms with Crippen molar-refractivity contribution in [3.63, 3.8) is 0 Å². The fraction of sp³-hybridized carbons (Fsp3) is 0.625. The van der Waals surface area contributed by atoms with Gasteiger partial charge >= 0.3 is 0 Å². The van der Waals surface area contributed by atoms with Crippen LogP contribution in [0.5, 0.6) is 0 Å².